The number of carbonyl (C=O) groups excluding carboxylic acids is 1. The van der Waals surface area contributed by atoms with E-state index in [0.717, 1.165) is 38.8 Å². The van der Waals surface area contributed by atoms with E-state index in [1.807, 2.05) is 0 Å². The summed E-state index contributed by atoms with van der Waals surface area (Å²) in [6.45, 7) is 4.30. The third-order valence-electron chi connectivity index (χ3n) is 4.36. The van der Waals surface area contributed by atoms with Crippen LogP contribution in [0.5, 0.6) is 0 Å². The lowest BCUT2D eigenvalue weighted by molar-refractivity contribution is -0.139. The van der Waals surface area contributed by atoms with E-state index in [2.05, 4.69) is 11.8 Å². The van der Waals surface area contributed by atoms with Crippen molar-refractivity contribution in [2.24, 2.45) is 11.7 Å². The van der Waals surface area contributed by atoms with E-state index in [1.54, 1.807) is 0 Å². The number of ether oxygens (including phenoxy) is 1. The maximum absolute atomic E-state index is 12.7. The van der Waals surface area contributed by atoms with Crippen LogP contribution < -0.4 is 5.73 Å². The molecule has 2 aliphatic rings. The first-order valence-electron chi connectivity index (χ1n) is 7.40. The number of hydrogen-bond acceptors (Lipinski definition) is 3. The molecule has 2 aliphatic heterocycles. The van der Waals surface area contributed by atoms with E-state index in [9.17, 15) is 4.79 Å². The average molecular weight is 254 g/mol. The number of nitrogens with zero attached hydrogens (tertiary/aromatic N) is 1. The molecular formula is C14H26N2O2. The Hall–Kier alpha value is -0.610. The van der Waals surface area contributed by atoms with Crippen LogP contribution in [0.1, 0.15) is 45.4 Å². The smallest absolute Gasteiger partial charge is 0.228 e. The largest absolute Gasteiger partial charge is 0.377 e. The molecule has 0 bridgehead atoms. The summed E-state index contributed by atoms with van der Waals surface area (Å²) in [5.74, 6) is 0.360. The van der Waals surface area contributed by atoms with Crippen LogP contribution >= 0.6 is 0 Å². The van der Waals surface area contributed by atoms with Crippen molar-refractivity contribution >= 4 is 5.91 Å². The summed E-state index contributed by atoms with van der Waals surface area (Å²) in [5, 5.41) is 0. The molecule has 2 N–H and O–H groups in total. The Morgan fingerprint density at radius 3 is 2.89 bits per heavy atom. The minimum atomic E-state index is 0.0714. The lowest BCUT2D eigenvalue weighted by Gasteiger charge is -2.32. The monoisotopic (exact) mass is 254 g/mol. The second-order valence-corrected chi connectivity index (χ2v) is 5.48. The molecule has 0 saturated carbocycles. The van der Waals surface area contributed by atoms with Gasteiger partial charge in [-0.3, -0.25) is 4.79 Å². The maximum atomic E-state index is 12.7. The first kappa shape index (κ1) is 13.8. The fraction of sp³-hybridized carbons (Fsp3) is 0.929. The molecule has 2 fully saturated rings. The molecule has 3 atom stereocenters. The highest BCUT2D eigenvalue weighted by molar-refractivity contribution is 5.80. The van der Waals surface area contributed by atoms with Crippen molar-refractivity contribution in [1.29, 1.82) is 0 Å². The van der Waals surface area contributed by atoms with E-state index < -0.39 is 0 Å². The third-order valence-corrected chi connectivity index (χ3v) is 4.36. The Morgan fingerprint density at radius 1 is 1.33 bits per heavy atom. The molecule has 0 aromatic heterocycles. The summed E-state index contributed by atoms with van der Waals surface area (Å²) in [5.41, 5.74) is 5.84. The van der Waals surface area contributed by atoms with Crippen molar-refractivity contribution < 1.29 is 9.53 Å². The van der Waals surface area contributed by atoms with Crippen LogP contribution in [-0.2, 0) is 9.53 Å². The van der Waals surface area contributed by atoms with E-state index in [4.69, 9.17) is 10.5 Å². The van der Waals surface area contributed by atoms with Crippen molar-refractivity contribution in [3.05, 3.63) is 0 Å². The molecule has 4 nitrogen and oxygen atoms in total. The van der Waals surface area contributed by atoms with Gasteiger partial charge in [0.1, 0.15) is 0 Å². The highest BCUT2D eigenvalue weighted by Crippen LogP contribution is 2.28. The normalized spacial score (nSPS) is 33.4. The maximum Gasteiger partial charge on any atom is 0.228 e. The molecule has 0 aromatic rings. The second-order valence-electron chi connectivity index (χ2n) is 5.48. The number of likely N-dealkylation sites (tertiary alicyclic amines) is 1. The molecule has 18 heavy (non-hydrogen) atoms. The van der Waals surface area contributed by atoms with Crippen molar-refractivity contribution in [2.45, 2.75) is 57.6 Å². The Bertz CT molecular complexity index is 283. The van der Waals surface area contributed by atoms with Gasteiger partial charge >= 0.3 is 0 Å². The molecule has 0 spiro atoms. The molecule has 0 radical (unpaired) electrons. The summed E-state index contributed by atoms with van der Waals surface area (Å²) < 4.78 is 5.65. The van der Waals surface area contributed by atoms with E-state index >= 15 is 0 Å². The highest BCUT2D eigenvalue weighted by Gasteiger charge is 2.37. The molecule has 104 valence electrons. The molecule has 3 unspecified atom stereocenters. The van der Waals surface area contributed by atoms with Gasteiger partial charge in [0.25, 0.3) is 0 Å². The van der Waals surface area contributed by atoms with E-state index in [-0.39, 0.29) is 24.0 Å². The van der Waals surface area contributed by atoms with Crippen LogP contribution in [0, 0.1) is 5.92 Å². The topological polar surface area (TPSA) is 55.6 Å². The number of hydrogen-bond donors (Lipinski definition) is 1. The van der Waals surface area contributed by atoms with Gasteiger partial charge < -0.3 is 15.4 Å². The Balaban J connectivity index is 2.05. The molecule has 2 rings (SSSR count). The van der Waals surface area contributed by atoms with Crippen molar-refractivity contribution in [2.75, 3.05) is 19.7 Å². The molecule has 1 amide bonds. The molecule has 2 heterocycles. The predicted molar refractivity (Wildman–Crippen MR) is 71.2 cm³/mol. The van der Waals surface area contributed by atoms with Crippen LogP contribution in [0.4, 0.5) is 0 Å². The SMILES string of the molecule is CCC1OCCC1C(=O)N1CCCCCC1CN. The van der Waals surface area contributed by atoms with Crippen LogP contribution in [0.2, 0.25) is 0 Å². The number of rotatable bonds is 3. The second kappa shape index (κ2) is 6.53. The standard InChI is InChI=1S/C14H26N2O2/c1-2-13-12(7-9-18-13)14(17)16-8-5-3-4-6-11(16)10-15/h11-13H,2-10,15H2,1H3. The summed E-state index contributed by atoms with van der Waals surface area (Å²) in [7, 11) is 0. The Labute approximate surface area is 110 Å². The summed E-state index contributed by atoms with van der Waals surface area (Å²) in [4.78, 5) is 14.7. The van der Waals surface area contributed by atoms with Crippen LogP contribution in [0.25, 0.3) is 0 Å². The third kappa shape index (κ3) is 2.86. The zero-order valence-electron chi connectivity index (χ0n) is 11.4. The summed E-state index contributed by atoms with van der Waals surface area (Å²) in [6.07, 6.45) is 6.53. The zero-order chi connectivity index (χ0) is 13.0. The molecule has 2 saturated heterocycles. The van der Waals surface area contributed by atoms with Crippen LogP contribution in [-0.4, -0.2) is 42.6 Å². The van der Waals surface area contributed by atoms with Gasteiger partial charge in [-0.25, -0.2) is 0 Å². The first-order chi connectivity index (χ1) is 8.77. The molecule has 0 aliphatic carbocycles. The number of amides is 1. The van der Waals surface area contributed by atoms with Gasteiger partial charge in [-0.1, -0.05) is 19.8 Å². The average Bonchev–Trinajstić information content (AvgIpc) is 2.74. The van der Waals surface area contributed by atoms with Gasteiger partial charge in [0.2, 0.25) is 5.91 Å². The van der Waals surface area contributed by atoms with Crippen molar-refractivity contribution in [1.82, 2.24) is 4.90 Å². The van der Waals surface area contributed by atoms with E-state index in [0.29, 0.717) is 6.54 Å². The van der Waals surface area contributed by atoms with E-state index in [1.165, 1.54) is 12.8 Å². The minimum Gasteiger partial charge on any atom is -0.377 e. The molecule has 4 heteroatoms. The fourth-order valence-electron chi connectivity index (χ4n) is 3.26. The van der Waals surface area contributed by atoms with Gasteiger partial charge in [0.05, 0.1) is 12.0 Å². The van der Waals surface area contributed by atoms with Gasteiger partial charge in [0, 0.05) is 25.7 Å². The number of nitrogens with two attached hydrogens (primary N) is 1. The first-order valence-corrected chi connectivity index (χ1v) is 7.40. The Morgan fingerprint density at radius 2 is 2.17 bits per heavy atom. The van der Waals surface area contributed by atoms with Gasteiger partial charge in [-0.05, 0) is 25.7 Å². The quantitative estimate of drug-likeness (QED) is 0.831. The van der Waals surface area contributed by atoms with Gasteiger partial charge in [0.15, 0.2) is 0 Å². The molecule has 0 aromatic carbocycles. The zero-order valence-corrected chi connectivity index (χ0v) is 11.4. The lowest BCUT2D eigenvalue weighted by Crippen LogP contribution is -2.48. The highest BCUT2D eigenvalue weighted by atomic mass is 16.5. The van der Waals surface area contributed by atoms with Gasteiger partial charge in [-0.2, -0.15) is 0 Å². The molecular weight excluding hydrogens is 228 g/mol. The van der Waals surface area contributed by atoms with Crippen molar-refractivity contribution in [3.8, 4) is 0 Å². The van der Waals surface area contributed by atoms with Crippen molar-refractivity contribution in [3.63, 3.8) is 0 Å². The minimum absolute atomic E-state index is 0.0714. The van der Waals surface area contributed by atoms with Crippen LogP contribution in [0.3, 0.4) is 0 Å². The number of carbonyl (C=O) groups is 1. The predicted octanol–water partition coefficient (Wildman–Crippen LogP) is 1.53. The van der Waals surface area contributed by atoms with Crippen LogP contribution in [0.15, 0.2) is 0 Å². The summed E-state index contributed by atoms with van der Waals surface area (Å²) >= 11 is 0. The summed E-state index contributed by atoms with van der Waals surface area (Å²) in [6, 6.07) is 0.248. The fourth-order valence-corrected chi connectivity index (χ4v) is 3.26. The lowest BCUT2D eigenvalue weighted by atomic mass is 9.96. The Kier molecular flexibility index (Phi) is 5.01. The van der Waals surface area contributed by atoms with Gasteiger partial charge in [-0.15, -0.1) is 0 Å².